The number of imide groups is 2. The topological polar surface area (TPSA) is 139 Å². The normalized spacial score (nSPS) is 23.3. The quantitative estimate of drug-likeness (QED) is 0.317. The fourth-order valence-electron chi connectivity index (χ4n) is 6.59. The molecule has 2 aliphatic carbocycles. The maximum Gasteiger partial charge on any atom is 0.262 e. The Bertz CT molecular complexity index is 1830. The summed E-state index contributed by atoms with van der Waals surface area (Å²) >= 11 is 0. The third-order valence-corrected chi connectivity index (χ3v) is 9.16. The number of anilines is 1. The van der Waals surface area contributed by atoms with Crippen molar-refractivity contribution in [2.45, 2.75) is 56.5 Å². The van der Waals surface area contributed by atoms with Crippen LogP contribution in [0.1, 0.15) is 76.9 Å². The molecule has 3 aromatic heterocycles. The van der Waals surface area contributed by atoms with Crippen LogP contribution in [0.4, 0.5) is 5.69 Å². The standard InChI is InChI=1S/C32H29N7O4/c40-27-6-5-26(30(41)36-27)39-31(42)23-4-3-20(13-24(23)32(39)43)35-14-17-11-21(12-17)38-16-25(28(37-38)18-1-2-18)29-22-8-9-33-15-19(22)7-10-34-29/h3-4,7-10,13,15-18,21,26,35H,1-2,5-6,11-12,14H2,(H,36,40,41)/t17-,21-,26?. The van der Waals surface area contributed by atoms with Gasteiger partial charge in [0.1, 0.15) is 6.04 Å². The van der Waals surface area contributed by atoms with Crippen LogP contribution < -0.4 is 10.6 Å². The van der Waals surface area contributed by atoms with Crippen LogP contribution in [0.5, 0.6) is 0 Å². The molecule has 2 N–H and O–H groups in total. The number of benzene rings is 1. The van der Waals surface area contributed by atoms with Gasteiger partial charge >= 0.3 is 0 Å². The van der Waals surface area contributed by atoms with Crippen LogP contribution in [0.15, 0.2) is 55.1 Å². The van der Waals surface area contributed by atoms with E-state index in [0.717, 1.165) is 70.5 Å². The van der Waals surface area contributed by atoms with Crippen LogP contribution >= 0.6 is 0 Å². The molecule has 43 heavy (non-hydrogen) atoms. The Morgan fingerprint density at radius 2 is 1.77 bits per heavy atom. The Balaban J connectivity index is 0.935. The fraction of sp³-hybridized carbons (Fsp3) is 0.344. The largest absolute Gasteiger partial charge is 0.385 e. The summed E-state index contributed by atoms with van der Waals surface area (Å²) in [5, 5.41) is 12.9. The summed E-state index contributed by atoms with van der Waals surface area (Å²) in [4.78, 5) is 60.0. The molecule has 2 saturated carbocycles. The zero-order chi connectivity index (χ0) is 29.2. The Labute approximate surface area is 246 Å². The van der Waals surface area contributed by atoms with Crippen molar-refractivity contribution in [3.05, 3.63) is 71.9 Å². The lowest BCUT2D eigenvalue weighted by atomic mass is 9.80. The van der Waals surface area contributed by atoms with Gasteiger partial charge in [-0.3, -0.25) is 44.0 Å². The number of nitrogens with one attached hydrogen (secondary N) is 2. The Hall–Kier alpha value is -4.93. The second-order valence-corrected chi connectivity index (χ2v) is 12.0. The molecule has 3 fully saturated rings. The molecule has 0 radical (unpaired) electrons. The lowest BCUT2D eigenvalue weighted by Crippen LogP contribution is -2.54. The number of carbonyl (C=O) groups excluding carboxylic acids is 4. The minimum atomic E-state index is -0.968. The highest BCUT2D eigenvalue weighted by atomic mass is 16.2. The zero-order valence-corrected chi connectivity index (χ0v) is 23.3. The second-order valence-electron chi connectivity index (χ2n) is 12.0. The van der Waals surface area contributed by atoms with Gasteiger partial charge in [0.15, 0.2) is 0 Å². The number of fused-ring (bicyclic) bond motifs is 2. The van der Waals surface area contributed by atoms with Gasteiger partial charge in [-0.15, -0.1) is 0 Å². The molecular formula is C32H29N7O4. The van der Waals surface area contributed by atoms with Gasteiger partial charge in [-0.1, -0.05) is 0 Å². The molecule has 0 bridgehead atoms. The van der Waals surface area contributed by atoms with E-state index >= 15 is 0 Å². The van der Waals surface area contributed by atoms with Gasteiger partial charge < -0.3 is 5.32 Å². The number of piperidine rings is 1. The summed E-state index contributed by atoms with van der Waals surface area (Å²) in [5.74, 6) is -1.06. The number of hydrogen-bond donors (Lipinski definition) is 2. The summed E-state index contributed by atoms with van der Waals surface area (Å²) in [6.45, 7) is 0.732. The Kier molecular flexibility index (Phi) is 5.88. The van der Waals surface area contributed by atoms with E-state index in [1.807, 2.05) is 24.5 Å². The van der Waals surface area contributed by atoms with E-state index in [4.69, 9.17) is 10.1 Å². The lowest BCUT2D eigenvalue weighted by Gasteiger charge is -2.35. The molecule has 4 aliphatic rings. The first kappa shape index (κ1) is 25.8. The van der Waals surface area contributed by atoms with E-state index in [1.165, 1.54) is 0 Å². The number of hydrogen-bond acceptors (Lipinski definition) is 8. The zero-order valence-electron chi connectivity index (χ0n) is 23.3. The SMILES string of the molecule is O=C1CCC(N2C(=O)c3ccc(NC[C@H]4C[C@H](n5cc(-c6nccc7cnccc67)c(C6CC6)n5)C4)cc3C2=O)C(=O)N1. The lowest BCUT2D eigenvalue weighted by molar-refractivity contribution is -0.136. The van der Waals surface area contributed by atoms with Crippen molar-refractivity contribution in [3.8, 4) is 11.3 Å². The summed E-state index contributed by atoms with van der Waals surface area (Å²) in [5.41, 5.74) is 4.53. The Morgan fingerprint density at radius 1 is 0.930 bits per heavy atom. The van der Waals surface area contributed by atoms with Crippen LogP contribution in [0.25, 0.3) is 22.0 Å². The van der Waals surface area contributed by atoms with Crippen molar-refractivity contribution >= 4 is 40.1 Å². The molecule has 0 spiro atoms. The first-order valence-corrected chi connectivity index (χ1v) is 14.8. The van der Waals surface area contributed by atoms with Gasteiger partial charge in [0, 0.05) is 65.7 Å². The summed E-state index contributed by atoms with van der Waals surface area (Å²) < 4.78 is 2.13. The van der Waals surface area contributed by atoms with E-state index in [-0.39, 0.29) is 24.0 Å². The van der Waals surface area contributed by atoms with E-state index in [9.17, 15) is 19.2 Å². The maximum atomic E-state index is 13.1. The van der Waals surface area contributed by atoms with E-state index in [0.29, 0.717) is 17.9 Å². The number of nitrogens with zero attached hydrogens (tertiary/aromatic N) is 5. The molecule has 1 aromatic carbocycles. The first-order chi connectivity index (χ1) is 20.9. The molecule has 8 rings (SSSR count). The molecule has 4 aromatic rings. The van der Waals surface area contributed by atoms with Crippen LogP contribution in [0.2, 0.25) is 0 Å². The summed E-state index contributed by atoms with van der Waals surface area (Å²) in [7, 11) is 0. The van der Waals surface area contributed by atoms with Crippen molar-refractivity contribution < 1.29 is 19.2 Å². The average Bonchev–Trinajstić information content (AvgIpc) is 3.70. The van der Waals surface area contributed by atoms with Crippen molar-refractivity contribution in [1.29, 1.82) is 0 Å². The molecule has 5 heterocycles. The minimum absolute atomic E-state index is 0.0957. The molecule has 1 atom stereocenters. The van der Waals surface area contributed by atoms with Gasteiger partial charge in [-0.05, 0) is 68.4 Å². The van der Waals surface area contributed by atoms with Gasteiger partial charge in [-0.2, -0.15) is 5.10 Å². The van der Waals surface area contributed by atoms with Crippen molar-refractivity contribution in [2.24, 2.45) is 5.92 Å². The van der Waals surface area contributed by atoms with Gasteiger partial charge in [0.05, 0.1) is 28.6 Å². The highest BCUT2D eigenvalue weighted by molar-refractivity contribution is 6.23. The molecule has 1 saturated heterocycles. The van der Waals surface area contributed by atoms with E-state index in [2.05, 4.69) is 26.5 Å². The van der Waals surface area contributed by atoms with Crippen molar-refractivity contribution in [3.63, 3.8) is 0 Å². The molecule has 4 amide bonds. The van der Waals surface area contributed by atoms with Gasteiger partial charge in [-0.25, -0.2) is 0 Å². The van der Waals surface area contributed by atoms with Crippen LogP contribution in [0, 0.1) is 5.92 Å². The van der Waals surface area contributed by atoms with Crippen molar-refractivity contribution in [2.75, 3.05) is 11.9 Å². The van der Waals surface area contributed by atoms with Crippen LogP contribution in [0.3, 0.4) is 0 Å². The second kappa shape index (κ2) is 9.82. The van der Waals surface area contributed by atoms with Crippen LogP contribution in [-0.2, 0) is 9.59 Å². The number of pyridine rings is 2. The minimum Gasteiger partial charge on any atom is -0.385 e. The number of aromatic nitrogens is 4. The first-order valence-electron chi connectivity index (χ1n) is 14.8. The molecule has 216 valence electrons. The van der Waals surface area contributed by atoms with E-state index in [1.54, 1.807) is 24.4 Å². The number of amides is 4. The van der Waals surface area contributed by atoms with Gasteiger partial charge in [0.2, 0.25) is 11.8 Å². The predicted octanol–water partition coefficient (Wildman–Crippen LogP) is 3.84. The summed E-state index contributed by atoms with van der Waals surface area (Å²) in [6, 6.07) is 8.47. The molecule has 1 unspecified atom stereocenters. The molecule has 11 heteroatoms. The Morgan fingerprint density at radius 3 is 2.58 bits per heavy atom. The third-order valence-electron chi connectivity index (χ3n) is 9.16. The smallest absolute Gasteiger partial charge is 0.262 e. The monoisotopic (exact) mass is 575 g/mol. The van der Waals surface area contributed by atoms with E-state index < -0.39 is 29.7 Å². The number of rotatable bonds is 7. The fourth-order valence-corrected chi connectivity index (χ4v) is 6.59. The van der Waals surface area contributed by atoms with Gasteiger partial charge in [0.25, 0.3) is 11.8 Å². The average molecular weight is 576 g/mol. The maximum absolute atomic E-state index is 13.1. The van der Waals surface area contributed by atoms with Crippen molar-refractivity contribution in [1.82, 2.24) is 30.0 Å². The third kappa shape index (κ3) is 4.38. The summed E-state index contributed by atoms with van der Waals surface area (Å²) in [6.07, 6.45) is 12.2. The highest BCUT2D eigenvalue weighted by Crippen LogP contribution is 2.46. The molecular weight excluding hydrogens is 546 g/mol. The molecule has 11 nitrogen and oxygen atoms in total. The highest BCUT2D eigenvalue weighted by Gasteiger charge is 2.44. The predicted molar refractivity (Wildman–Crippen MR) is 156 cm³/mol. The molecule has 2 aliphatic heterocycles. The van der Waals surface area contributed by atoms with Crippen LogP contribution in [-0.4, -0.2) is 60.9 Å². The number of carbonyl (C=O) groups is 4.